The quantitative estimate of drug-likeness (QED) is 0.450. The molecule has 1 aliphatic rings. The Morgan fingerprint density at radius 2 is 1.96 bits per heavy atom. The van der Waals surface area contributed by atoms with Crippen LogP contribution in [0.1, 0.15) is 11.1 Å². The molecule has 0 aliphatic carbocycles. The third kappa shape index (κ3) is 3.48. The van der Waals surface area contributed by atoms with Gasteiger partial charge >= 0.3 is 0 Å². The zero-order valence-electron chi connectivity index (χ0n) is 14.6. The molecule has 0 N–H and O–H groups in total. The Kier molecular flexibility index (Phi) is 4.83. The van der Waals surface area contributed by atoms with Crippen LogP contribution >= 0.6 is 11.3 Å². The molecule has 140 valence electrons. The first-order chi connectivity index (χ1) is 13.7. The van der Waals surface area contributed by atoms with Crippen LogP contribution < -0.4 is 14.2 Å². The minimum absolute atomic E-state index is 0.0584. The summed E-state index contributed by atoms with van der Waals surface area (Å²) in [7, 11) is 0. The van der Waals surface area contributed by atoms with Gasteiger partial charge in [-0.3, -0.25) is 10.1 Å². The molecule has 8 heteroatoms. The molecule has 0 unspecified atom stereocenters. The predicted molar refractivity (Wildman–Crippen MR) is 103 cm³/mol. The first-order valence-electron chi connectivity index (χ1n) is 8.43. The van der Waals surface area contributed by atoms with Crippen LogP contribution in [0.2, 0.25) is 0 Å². The van der Waals surface area contributed by atoms with E-state index in [-0.39, 0.29) is 12.5 Å². The number of nitro benzene ring substituents is 1. The fourth-order valence-corrected chi connectivity index (χ4v) is 3.78. The van der Waals surface area contributed by atoms with E-state index in [9.17, 15) is 15.4 Å². The lowest BCUT2D eigenvalue weighted by Crippen LogP contribution is -2.01. The molecular formula is C20H14N2O5S. The van der Waals surface area contributed by atoms with Crippen LogP contribution in [-0.2, 0) is 6.42 Å². The minimum atomic E-state index is -0.428. The number of nitriles is 1. The molecule has 7 nitrogen and oxygen atoms in total. The molecule has 0 saturated heterocycles. The molecule has 0 atom stereocenters. The standard InChI is InChI=1S/C20H14N2O5S/c21-10-16-17(14-3-6-18-19(9-14)27-12-26-18)11-28-20(16)25-8-7-13-1-4-15(5-2-13)22(23)24/h1-6,9,11H,7-8,12H2. The van der Waals surface area contributed by atoms with E-state index in [4.69, 9.17) is 14.2 Å². The summed E-state index contributed by atoms with van der Waals surface area (Å²) < 4.78 is 16.5. The van der Waals surface area contributed by atoms with Crippen LogP contribution in [0, 0.1) is 21.4 Å². The van der Waals surface area contributed by atoms with Crippen molar-refractivity contribution >= 4 is 17.0 Å². The molecule has 2 heterocycles. The maximum atomic E-state index is 10.7. The Morgan fingerprint density at radius 3 is 2.71 bits per heavy atom. The Bertz CT molecular complexity index is 1070. The van der Waals surface area contributed by atoms with Gasteiger partial charge in [-0.2, -0.15) is 5.26 Å². The second kappa shape index (κ2) is 7.58. The van der Waals surface area contributed by atoms with Crippen molar-refractivity contribution in [1.29, 1.82) is 5.26 Å². The van der Waals surface area contributed by atoms with E-state index in [2.05, 4.69) is 6.07 Å². The van der Waals surface area contributed by atoms with Gasteiger partial charge in [0.05, 0.1) is 11.5 Å². The molecule has 0 amide bonds. The molecule has 2 aromatic carbocycles. The van der Waals surface area contributed by atoms with Crippen molar-refractivity contribution in [2.75, 3.05) is 13.4 Å². The minimum Gasteiger partial charge on any atom is -0.483 e. The number of thiophene rings is 1. The van der Waals surface area contributed by atoms with E-state index in [1.54, 1.807) is 12.1 Å². The average Bonchev–Trinajstić information content (AvgIpc) is 3.34. The third-order valence-corrected chi connectivity index (χ3v) is 5.21. The lowest BCUT2D eigenvalue weighted by Gasteiger charge is -2.06. The summed E-state index contributed by atoms with van der Waals surface area (Å²) in [6.07, 6.45) is 0.583. The zero-order valence-corrected chi connectivity index (χ0v) is 15.4. The van der Waals surface area contributed by atoms with E-state index in [1.807, 2.05) is 23.6 Å². The molecule has 0 bridgehead atoms. The predicted octanol–water partition coefficient (Wildman–Crippen LogP) is 4.55. The summed E-state index contributed by atoms with van der Waals surface area (Å²) in [6.45, 7) is 0.568. The van der Waals surface area contributed by atoms with Gasteiger partial charge in [-0.15, -0.1) is 11.3 Å². The Hall–Kier alpha value is -3.57. The molecule has 0 saturated carbocycles. The largest absolute Gasteiger partial charge is 0.483 e. The summed E-state index contributed by atoms with van der Waals surface area (Å²) in [6, 6.07) is 14.1. The van der Waals surface area contributed by atoms with Gasteiger partial charge in [-0.1, -0.05) is 18.2 Å². The summed E-state index contributed by atoms with van der Waals surface area (Å²) in [5.41, 5.74) is 3.12. The van der Waals surface area contributed by atoms with Crippen LogP contribution in [0.25, 0.3) is 11.1 Å². The maximum absolute atomic E-state index is 10.7. The Morgan fingerprint density at radius 1 is 1.18 bits per heavy atom. The topological polar surface area (TPSA) is 94.6 Å². The number of rotatable bonds is 6. The molecule has 0 spiro atoms. The molecule has 0 radical (unpaired) electrons. The van der Waals surface area contributed by atoms with Gasteiger partial charge in [0.15, 0.2) is 16.6 Å². The van der Waals surface area contributed by atoms with Crippen LogP contribution in [-0.4, -0.2) is 18.3 Å². The van der Waals surface area contributed by atoms with Crippen LogP contribution in [0.5, 0.6) is 16.6 Å². The van der Waals surface area contributed by atoms with Crippen LogP contribution in [0.4, 0.5) is 5.69 Å². The van der Waals surface area contributed by atoms with E-state index in [0.717, 1.165) is 16.7 Å². The smallest absolute Gasteiger partial charge is 0.269 e. The molecule has 4 rings (SSSR count). The van der Waals surface area contributed by atoms with Gasteiger partial charge in [0.2, 0.25) is 6.79 Å². The highest BCUT2D eigenvalue weighted by molar-refractivity contribution is 7.12. The normalized spacial score (nSPS) is 11.8. The van der Waals surface area contributed by atoms with Gasteiger partial charge in [0, 0.05) is 29.5 Å². The lowest BCUT2D eigenvalue weighted by atomic mass is 10.0. The summed E-state index contributed by atoms with van der Waals surface area (Å²) in [5.74, 6) is 1.35. The molecule has 28 heavy (non-hydrogen) atoms. The first-order valence-corrected chi connectivity index (χ1v) is 9.31. The van der Waals surface area contributed by atoms with Gasteiger partial charge < -0.3 is 14.2 Å². The fourth-order valence-electron chi connectivity index (χ4n) is 2.87. The van der Waals surface area contributed by atoms with Crippen LogP contribution in [0.15, 0.2) is 47.8 Å². The number of hydrogen-bond donors (Lipinski definition) is 0. The summed E-state index contributed by atoms with van der Waals surface area (Å²) in [5, 5.41) is 22.7. The average molecular weight is 394 g/mol. The van der Waals surface area contributed by atoms with E-state index >= 15 is 0 Å². The molecular weight excluding hydrogens is 380 g/mol. The second-order valence-corrected chi connectivity index (χ2v) is 6.86. The lowest BCUT2D eigenvalue weighted by molar-refractivity contribution is -0.384. The van der Waals surface area contributed by atoms with E-state index in [1.165, 1.54) is 23.5 Å². The summed E-state index contributed by atoms with van der Waals surface area (Å²) >= 11 is 1.36. The van der Waals surface area contributed by atoms with Crippen molar-refractivity contribution < 1.29 is 19.1 Å². The fraction of sp³-hybridized carbons (Fsp3) is 0.150. The maximum Gasteiger partial charge on any atom is 0.269 e. The number of hydrogen-bond acceptors (Lipinski definition) is 7. The van der Waals surface area contributed by atoms with Crippen molar-refractivity contribution in [3.63, 3.8) is 0 Å². The van der Waals surface area contributed by atoms with Crippen molar-refractivity contribution in [2.45, 2.75) is 6.42 Å². The Balaban J connectivity index is 1.46. The number of ether oxygens (including phenoxy) is 3. The molecule has 0 fully saturated rings. The second-order valence-electron chi connectivity index (χ2n) is 6.01. The third-order valence-electron chi connectivity index (χ3n) is 4.32. The van der Waals surface area contributed by atoms with Gasteiger partial charge in [-0.25, -0.2) is 0 Å². The number of benzene rings is 2. The van der Waals surface area contributed by atoms with Gasteiger partial charge in [-0.05, 0) is 23.3 Å². The molecule has 1 aliphatic heterocycles. The highest BCUT2D eigenvalue weighted by Gasteiger charge is 2.18. The number of nitrogens with zero attached hydrogens (tertiary/aromatic N) is 2. The van der Waals surface area contributed by atoms with Crippen molar-refractivity contribution in [3.05, 3.63) is 69.1 Å². The van der Waals surface area contributed by atoms with Gasteiger partial charge in [0.1, 0.15) is 11.6 Å². The van der Waals surface area contributed by atoms with Crippen molar-refractivity contribution in [3.8, 4) is 33.8 Å². The van der Waals surface area contributed by atoms with E-state index < -0.39 is 4.92 Å². The van der Waals surface area contributed by atoms with Gasteiger partial charge in [0.25, 0.3) is 5.69 Å². The molecule has 1 aromatic heterocycles. The highest BCUT2D eigenvalue weighted by Crippen LogP contribution is 2.41. The van der Waals surface area contributed by atoms with E-state index in [0.29, 0.717) is 35.2 Å². The van der Waals surface area contributed by atoms with Crippen LogP contribution in [0.3, 0.4) is 0 Å². The monoisotopic (exact) mass is 394 g/mol. The van der Waals surface area contributed by atoms with Crippen molar-refractivity contribution in [1.82, 2.24) is 0 Å². The SMILES string of the molecule is N#Cc1c(-c2ccc3c(c2)OCO3)csc1OCCc1ccc([N+](=O)[O-])cc1. The zero-order chi connectivity index (χ0) is 19.5. The summed E-state index contributed by atoms with van der Waals surface area (Å²) in [4.78, 5) is 10.3. The first kappa shape index (κ1) is 17.8. The molecule has 3 aromatic rings. The number of fused-ring (bicyclic) bond motifs is 1. The number of nitro groups is 1. The highest BCUT2D eigenvalue weighted by atomic mass is 32.1. The number of non-ortho nitro benzene ring substituents is 1. The Labute approximate surface area is 164 Å². The van der Waals surface area contributed by atoms with Crippen molar-refractivity contribution in [2.24, 2.45) is 0 Å².